The standard InChI is InChI=1S/C6H6.CH3OS/c1-2-4-6-5-3-1;1-3-2/h1-6H;1H3/q;+1. The minimum atomic E-state index is 0.500. The second-order valence-corrected chi connectivity index (χ2v) is 1.65. The van der Waals surface area contributed by atoms with E-state index in [2.05, 4.69) is 0 Å². The van der Waals surface area contributed by atoms with Gasteiger partial charge in [0.25, 0.3) is 0 Å². The van der Waals surface area contributed by atoms with Crippen molar-refractivity contribution in [2.75, 3.05) is 6.26 Å². The highest BCUT2D eigenvalue weighted by Gasteiger charge is 1.57. The van der Waals surface area contributed by atoms with Gasteiger partial charge >= 0.3 is 11.7 Å². The molecule has 0 saturated carbocycles. The van der Waals surface area contributed by atoms with E-state index in [1.54, 1.807) is 0 Å². The molecule has 0 radical (unpaired) electrons. The molecule has 9 heavy (non-hydrogen) atoms. The van der Waals surface area contributed by atoms with Gasteiger partial charge in [-0.3, -0.25) is 0 Å². The molecule has 0 saturated heterocycles. The smallest absolute Gasteiger partial charge is 0.0623 e. The summed E-state index contributed by atoms with van der Waals surface area (Å²) in [5, 5.41) is 0. The first kappa shape index (κ1) is 8.24. The van der Waals surface area contributed by atoms with E-state index in [1.165, 1.54) is 6.26 Å². The summed E-state index contributed by atoms with van der Waals surface area (Å²) in [6.45, 7) is 0. The summed E-state index contributed by atoms with van der Waals surface area (Å²) < 4.78 is 8.85. The highest BCUT2D eigenvalue weighted by molar-refractivity contribution is 7.64. The second kappa shape index (κ2) is 7.24. The van der Waals surface area contributed by atoms with Gasteiger partial charge < -0.3 is 0 Å². The van der Waals surface area contributed by atoms with Crippen LogP contribution in [0.25, 0.3) is 0 Å². The Morgan fingerprint density at radius 2 is 1.00 bits per heavy atom. The lowest BCUT2D eigenvalue weighted by Crippen LogP contribution is -1.47. The highest BCUT2D eigenvalue weighted by Crippen LogP contribution is 1.79. The Labute approximate surface area is 59.2 Å². The Kier molecular flexibility index (Phi) is 6.63. The molecule has 0 aliphatic rings. The molecule has 1 aromatic rings. The Balaban J connectivity index is 0.000000187. The van der Waals surface area contributed by atoms with Crippen LogP contribution in [0.5, 0.6) is 0 Å². The maximum Gasteiger partial charge on any atom is 0.455 e. The SMILES string of the molecule is C[S+]=O.c1ccccc1. The van der Waals surface area contributed by atoms with E-state index in [0.717, 1.165) is 0 Å². The van der Waals surface area contributed by atoms with Crippen LogP contribution >= 0.6 is 0 Å². The normalized spacial score (nSPS) is 6.78. The van der Waals surface area contributed by atoms with Gasteiger partial charge in [-0.2, -0.15) is 0 Å². The lowest BCUT2D eigenvalue weighted by atomic mass is 10.4. The van der Waals surface area contributed by atoms with Crippen molar-refractivity contribution in [1.29, 1.82) is 0 Å². The van der Waals surface area contributed by atoms with Crippen LogP contribution in [-0.2, 0) is 15.9 Å². The Bertz CT molecular complexity index is 112. The molecule has 2 heteroatoms. The molecule has 0 aromatic heterocycles. The molecule has 0 aliphatic carbocycles. The molecule has 0 bridgehead atoms. The molecule has 0 heterocycles. The van der Waals surface area contributed by atoms with E-state index in [9.17, 15) is 0 Å². The van der Waals surface area contributed by atoms with Crippen molar-refractivity contribution in [2.45, 2.75) is 0 Å². The number of rotatable bonds is 0. The third kappa shape index (κ3) is 7.24. The summed E-state index contributed by atoms with van der Waals surface area (Å²) in [7, 11) is 0. The quantitative estimate of drug-likeness (QED) is 0.503. The van der Waals surface area contributed by atoms with Crippen LogP contribution < -0.4 is 0 Å². The Hall–Kier alpha value is -0.760. The fourth-order valence-electron chi connectivity index (χ4n) is 0.385. The van der Waals surface area contributed by atoms with Crippen molar-refractivity contribution in [3.63, 3.8) is 0 Å². The van der Waals surface area contributed by atoms with E-state index in [-0.39, 0.29) is 0 Å². The summed E-state index contributed by atoms with van der Waals surface area (Å²) in [5.41, 5.74) is 0. The maximum absolute atomic E-state index is 8.85. The molecule has 1 rings (SSSR count). The molecular weight excluding hydrogens is 132 g/mol. The van der Waals surface area contributed by atoms with Crippen LogP contribution in [-0.4, -0.2) is 6.26 Å². The molecule has 0 spiro atoms. The van der Waals surface area contributed by atoms with Gasteiger partial charge in [0.2, 0.25) is 6.26 Å². The molecule has 0 atom stereocenters. The van der Waals surface area contributed by atoms with E-state index in [0.29, 0.717) is 11.7 Å². The molecule has 1 nitrogen and oxygen atoms in total. The first-order valence-corrected chi connectivity index (χ1v) is 3.72. The third-order valence-electron chi connectivity index (χ3n) is 0.667. The molecule has 1 aromatic carbocycles. The van der Waals surface area contributed by atoms with Gasteiger partial charge in [0.05, 0.1) is 0 Å². The summed E-state index contributed by atoms with van der Waals surface area (Å²) in [5.74, 6) is 0. The van der Waals surface area contributed by atoms with Crippen LogP contribution in [0.2, 0.25) is 0 Å². The Morgan fingerprint density at radius 1 is 0.889 bits per heavy atom. The molecule has 48 valence electrons. The van der Waals surface area contributed by atoms with E-state index in [1.807, 2.05) is 36.4 Å². The van der Waals surface area contributed by atoms with Gasteiger partial charge in [-0.05, 0) is 0 Å². The largest absolute Gasteiger partial charge is 0.455 e. The van der Waals surface area contributed by atoms with Crippen LogP contribution in [0, 0.1) is 0 Å². The molecule has 0 amide bonds. The monoisotopic (exact) mass is 141 g/mol. The average molecular weight is 141 g/mol. The van der Waals surface area contributed by atoms with E-state index in [4.69, 9.17) is 4.21 Å². The van der Waals surface area contributed by atoms with Crippen molar-refractivity contribution in [3.8, 4) is 0 Å². The van der Waals surface area contributed by atoms with Crippen molar-refractivity contribution in [1.82, 2.24) is 0 Å². The lowest BCUT2D eigenvalue weighted by Gasteiger charge is -1.69. The summed E-state index contributed by atoms with van der Waals surface area (Å²) in [4.78, 5) is 0. The minimum absolute atomic E-state index is 0.500. The number of hydrogen-bond donors (Lipinski definition) is 0. The van der Waals surface area contributed by atoms with Gasteiger partial charge in [0, 0.05) is 4.21 Å². The van der Waals surface area contributed by atoms with Crippen LogP contribution in [0.4, 0.5) is 0 Å². The topological polar surface area (TPSA) is 17.1 Å². The predicted molar refractivity (Wildman–Crippen MR) is 40.4 cm³/mol. The van der Waals surface area contributed by atoms with Gasteiger partial charge in [-0.15, -0.1) is 0 Å². The second-order valence-electron chi connectivity index (χ2n) is 1.32. The first-order chi connectivity index (χ1) is 4.41. The Morgan fingerprint density at radius 3 is 1.11 bits per heavy atom. The number of benzene rings is 1. The number of hydrogen-bond acceptors (Lipinski definition) is 1. The van der Waals surface area contributed by atoms with Gasteiger partial charge in [0.15, 0.2) is 0 Å². The van der Waals surface area contributed by atoms with E-state index < -0.39 is 0 Å². The third-order valence-corrected chi connectivity index (χ3v) is 0.667. The zero-order valence-electron chi connectivity index (χ0n) is 5.28. The minimum Gasteiger partial charge on any atom is -0.0623 e. The van der Waals surface area contributed by atoms with E-state index >= 15 is 0 Å². The van der Waals surface area contributed by atoms with Crippen molar-refractivity contribution >= 4 is 11.7 Å². The fraction of sp³-hybridized carbons (Fsp3) is 0.143. The van der Waals surface area contributed by atoms with Crippen molar-refractivity contribution in [2.24, 2.45) is 0 Å². The molecule has 0 aliphatic heterocycles. The molecule has 0 unspecified atom stereocenters. The van der Waals surface area contributed by atoms with Gasteiger partial charge in [-0.1, -0.05) is 36.4 Å². The molecule has 0 fully saturated rings. The summed E-state index contributed by atoms with van der Waals surface area (Å²) in [6, 6.07) is 12.0. The molecular formula is C7H9OS+. The van der Waals surface area contributed by atoms with Crippen molar-refractivity contribution in [3.05, 3.63) is 36.4 Å². The van der Waals surface area contributed by atoms with Crippen molar-refractivity contribution < 1.29 is 4.21 Å². The lowest BCUT2D eigenvalue weighted by molar-refractivity contribution is 0.607. The zero-order valence-corrected chi connectivity index (χ0v) is 6.10. The first-order valence-electron chi connectivity index (χ1n) is 2.57. The summed E-state index contributed by atoms with van der Waals surface area (Å²) >= 11 is 0.500. The highest BCUT2D eigenvalue weighted by atomic mass is 32.1. The zero-order chi connectivity index (χ0) is 6.95. The van der Waals surface area contributed by atoms with Gasteiger partial charge in [0.1, 0.15) is 0 Å². The van der Waals surface area contributed by atoms with Gasteiger partial charge in [-0.25, -0.2) is 0 Å². The average Bonchev–Trinajstić information content (AvgIpc) is 1.93. The fourth-order valence-corrected chi connectivity index (χ4v) is 0.385. The van der Waals surface area contributed by atoms with Crippen LogP contribution in [0.3, 0.4) is 0 Å². The predicted octanol–water partition coefficient (Wildman–Crippen LogP) is 1.73. The van der Waals surface area contributed by atoms with Crippen LogP contribution in [0.1, 0.15) is 0 Å². The molecule has 0 N–H and O–H groups in total. The van der Waals surface area contributed by atoms with Crippen LogP contribution in [0.15, 0.2) is 36.4 Å². The maximum atomic E-state index is 8.85. The summed E-state index contributed by atoms with van der Waals surface area (Å²) in [6.07, 6.45) is 1.49.